The van der Waals surface area contributed by atoms with Gasteiger partial charge in [-0.15, -0.1) is 0 Å². The molecule has 3 aromatic carbocycles. The van der Waals surface area contributed by atoms with Crippen molar-refractivity contribution in [2.45, 2.75) is 13.5 Å². The molecule has 0 radical (unpaired) electrons. The third kappa shape index (κ3) is 4.41. The van der Waals surface area contributed by atoms with Crippen molar-refractivity contribution >= 4 is 24.9 Å². The van der Waals surface area contributed by atoms with Crippen LogP contribution in [0.3, 0.4) is 0 Å². The molecule has 3 heteroatoms. The second kappa shape index (κ2) is 8.18. The molecule has 0 N–H and O–H groups in total. The minimum Gasteiger partial charge on any atom is -0.488 e. The lowest BCUT2D eigenvalue weighted by atomic mass is 10.2. The number of ether oxygens (including phenoxy) is 1. The number of benzene rings is 3. The summed E-state index contributed by atoms with van der Waals surface area (Å²) in [5.41, 5.74) is 3.63. The zero-order chi connectivity index (χ0) is 17.6. The summed E-state index contributed by atoms with van der Waals surface area (Å²) < 4.78 is 6.22. The Morgan fingerprint density at radius 2 is 1.48 bits per heavy atom. The van der Waals surface area contributed by atoms with Gasteiger partial charge in [-0.1, -0.05) is 75.3 Å². The number of nitrogens with zero attached hydrogens (tertiary/aromatic N) is 1. The van der Waals surface area contributed by atoms with Crippen molar-refractivity contribution in [1.82, 2.24) is 0 Å². The summed E-state index contributed by atoms with van der Waals surface area (Å²) in [6, 6.07) is 25.3. The van der Waals surface area contributed by atoms with Gasteiger partial charge in [-0.2, -0.15) is 0 Å². The first-order valence-electron chi connectivity index (χ1n) is 8.45. The van der Waals surface area contributed by atoms with Gasteiger partial charge in [0.2, 0.25) is 0 Å². The van der Waals surface area contributed by atoms with E-state index in [1.54, 1.807) is 0 Å². The monoisotopic (exact) mass is 349 g/mol. The van der Waals surface area contributed by atoms with Crippen molar-refractivity contribution in [3.05, 3.63) is 83.9 Å². The predicted octanol–water partition coefficient (Wildman–Crippen LogP) is 4.27. The summed E-state index contributed by atoms with van der Waals surface area (Å²) in [7, 11) is 4.74. The third-order valence-corrected chi connectivity index (χ3v) is 5.45. The Balaban J connectivity index is 1.86. The van der Waals surface area contributed by atoms with E-state index in [1.165, 1.54) is 27.4 Å². The molecule has 3 aromatic rings. The molecule has 0 heterocycles. The van der Waals surface area contributed by atoms with E-state index in [-0.39, 0.29) is 0 Å². The molecule has 0 fully saturated rings. The van der Waals surface area contributed by atoms with Gasteiger partial charge in [0.1, 0.15) is 12.4 Å². The Morgan fingerprint density at radius 3 is 2.24 bits per heavy atom. The first kappa shape index (κ1) is 17.5. The number of para-hydroxylation sites is 2. The lowest BCUT2D eigenvalue weighted by Crippen LogP contribution is -2.18. The van der Waals surface area contributed by atoms with Crippen LogP contribution in [0.15, 0.2) is 72.8 Å². The zero-order valence-electron chi connectivity index (χ0n) is 15.0. The van der Waals surface area contributed by atoms with E-state index in [4.69, 9.17) is 4.74 Å². The average Bonchev–Trinajstić information content (AvgIpc) is 2.62. The molecule has 0 aliphatic heterocycles. The van der Waals surface area contributed by atoms with Gasteiger partial charge in [0.05, 0.1) is 0 Å². The molecule has 0 bridgehead atoms. The van der Waals surface area contributed by atoms with Crippen LogP contribution in [0.2, 0.25) is 0 Å². The minimum absolute atomic E-state index is 0.564. The predicted molar refractivity (Wildman–Crippen MR) is 110 cm³/mol. The van der Waals surface area contributed by atoms with Crippen molar-refractivity contribution in [3.8, 4) is 5.75 Å². The Labute approximate surface area is 152 Å². The summed E-state index contributed by atoms with van der Waals surface area (Å²) in [6.45, 7) is 2.71. The molecule has 0 aliphatic rings. The fraction of sp³-hybridized carbons (Fsp3) is 0.182. The van der Waals surface area contributed by atoms with Crippen LogP contribution >= 0.6 is 8.58 Å². The van der Waals surface area contributed by atoms with Crippen LogP contribution in [0, 0.1) is 6.92 Å². The van der Waals surface area contributed by atoms with E-state index in [9.17, 15) is 0 Å². The standard InChI is InChI=1S/C22H24NOP/c1-17-10-9-15-21(22(17)24-16-18-11-5-4-6-12-18)25-20-14-8-7-13-19(20)23(2)3/h4-15,25H,16H2,1-3H3. The van der Waals surface area contributed by atoms with Gasteiger partial charge < -0.3 is 9.64 Å². The highest BCUT2D eigenvalue weighted by atomic mass is 31.1. The lowest BCUT2D eigenvalue weighted by Gasteiger charge is -2.19. The van der Waals surface area contributed by atoms with E-state index in [1.807, 2.05) is 18.2 Å². The van der Waals surface area contributed by atoms with Gasteiger partial charge in [-0.05, 0) is 24.1 Å². The van der Waals surface area contributed by atoms with Crippen LogP contribution in [-0.2, 0) is 6.61 Å². The third-order valence-electron chi connectivity index (χ3n) is 4.09. The first-order valence-corrected chi connectivity index (χ1v) is 9.45. The maximum absolute atomic E-state index is 6.22. The number of anilines is 1. The van der Waals surface area contributed by atoms with Gasteiger partial charge in [0, 0.05) is 30.4 Å². The summed E-state index contributed by atoms with van der Waals surface area (Å²) in [6.07, 6.45) is 0. The summed E-state index contributed by atoms with van der Waals surface area (Å²) in [5.74, 6) is 1.01. The van der Waals surface area contributed by atoms with Gasteiger partial charge in [0.25, 0.3) is 0 Å². The van der Waals surface area contributed by atoms with E-state index >= 15 is 0 Å². The highest BCUT2D eigenvalue weighted by molar-refractivity contribution is 7.56. The van der Waals surface area contributed by atoms with Crippen LogP contribution in [0.4, 0.5) is 5.69 Å². The molecule has 0 saturated heterocycles. The number of hydrogen-bond donors (Lipinski definition) is 0. The second-order valence-electron chi connectivity index (χ2n) is 6.26. The molecule has 0 saturated carbocycles. The molecule has 3 rings (SSSR count). The number of hydrogen-bond acceptors (Lipinski definition) is 2. The normalized spacial score (nSPS) is 11.0. The molecule has 0 amide bonds. The van der Waals surface area contributed by atoms with E-state index in [0.29, 0.717) is 15.2 Å². The fourth-order valence-corrected chi connectivity index (χ4v) is 4.25. The molecule has 0 aliphatic carbocycles. The molecule has 25 heavy (non-hydrogen) atoms. The van der Waals surface area contributed by atoms with Crippen LogP contribution < -0.4 is 20.2 Å². The van der Waals surface area contributed by atoms with Crippen molar-refractivity contribution in [1.29, 1.82) is 0 Å². The van der Waals surface area contributed by atoms with Crippen molar-refractivity contribution < 1.29 is 4.74 Å². The Morgan fingerprint density at radius 1 is 0.800 bits per heavy atom. The van der Waals surface area contributed by atoms with Crippen LogP contribution in [0.5, 0.6) is 5.75 Å². The quantitative estimate of drug-likeness (QED) is 0.616. The molecule has 2 nitrogen and oxygen atoms in total. The molecular formula is C22H24NOP. The van der Waals surface area contributed by atoms with E-state index in [0.717, 1.165) is 5.75 Å². The number of rotatable bonds is 6. The topological polar surface area (TPSA) is 12.5 Å². The Hall–Kier alpha value is -2.31. The Kier molecular flexibility index (Phi) is 5.73. The van der Waals surface area contributed by atoms with Crippen LogP contribution in [-0.4, -0.2) is 14.1 Å². The average molecular weight is 349 g/mol. The maximum atomic E-state index is 6.22. The molecular weight excluding hydrogens is 325 g/mol. The highest BCUT2D eigenvalue weighted by Gasteiger charge is 2.11. The molecule has 1 unspecified atom stereocenters. The number of aryl methyl sites for hydroxylation is 1. The summed E-state index contributed by atoms with van der Waals surface area (Å²) >= 11 is 0. The lowest BCUT2D eigenvalue weighted by molar-refractivity contribution is 0.307. The first-order chi connectivity index (χ1) is 12.1. The SMILES string of the molecule is Cc1cccc(Pc2ccccc2N(C)C)c1OCc1ccccc1. The van der Waals surface area contributed by atoms with Crippen LogP contribution in [0.25, 0.3) is 0 Å². The molecule has 0 spiro atoms. The van der Waals surface area contributed by atoms with Crippen molar-refractivity contribution in [3.63, 3.8) is 0 Å². The van der Waals surface area contributed by atoms with Gasteiger partial charge in [-0.3, -0.25) is 0 Å². The van der Waals surface area contributed by atoms with Gasteiger partial charge in [0.15, 0.2) is 0 Å². The largest absolute Gasteiger partial charge is 0.488 e. The minimum atomic E-state index is 0.564. The smallest absolute Gasteiger partial charge is 0.130 e. The second-order valence-corrected chi connectivity index (χ2v) is 7.59. The summed E-state index contributed by atoms with van der Waals surface area (Å²) in [5, 5.41) is 2.59. The molecule has 0 aromatic heterocycles. The van der Waals surface area contributed by atoms with Crippen molar-refractivity contribution in [2.75, 3.05) is 19.0 Å². The van der Waals surface area contributed by atoms with E-state index < -0.39 is 0 Å². The molecule has 128 valence electrons. The highest BCUT2D eigenvalue weighted by Crippen LogP contribution is 2.27. The zero-order valence-corrected chi connectivity index (χ0v) is 16.0. The fourth-order valence-electron chi connectivity index (χ4n) is 2.79. The van der Waals surface area contributed by atoms with Gasteiger partial charge >= 0.3 is 0 Å². The van der Waals surface area contributed by atoms with E-state index in [2.05, 4.69) is 80.5 Å². The Bertz CT molecular complexity index is 830. The van der Waals surface area contributed by atoms with Crippen molar-refractivity contribution in [2.24, 2.45) is 0 Å². The van der Waals surface area contributed by atoms with Crippen LogP contribution in [0.1, 0.15) is 11.1 Å². The molecule has 1 atom stereocenters. The van der Waals surface area contributed by atoms with Gasteiger partial charge in [-0.25, -0.2) is 0 Å². The maximum Gasteiger partial charge on any atom is 0.130 e. The summed E-state index contributed by atoms with van der Waals surface area (Å²) in [4.78, 5) is 2.17.